The van der Waals surface area contributed by atoms with Crippen LogP contribution < -0.4 is 10.6 Å². The summed E-state index contributed by atoms with van der Waals surface area (Å²) < 4.78 is 0. The van der Waals surface area contributed by atoms with Crippen LogP contribution in [0.1, 0.15) is 28.5 Å². The van der Waals surface area contributed by atoms with Gasteiger partial charge in [0.15, 0.2) is 0 Å². The first-order chi connectivity index (χ1) is 12.8. The molecule has 4 rings (SSSR count). The van der Waals surface area contributed by atoms with Crippen LogP contribution >= 0.6 is 0 Å². The van der Waals surface area contributed by atoms with E-state index in [2.05, 4.69) is 21.7 Å². The fraction of sp³-hybridized carbons (Fsp3) is 0.190. The molecule has 0 radical (unpaired) electrons. The Morgan fingerprint density at radius 3 is 2.65 bits per heavy atom. The van der Waals surface area contributed by atoms with Gasteiger partial charge in [-0.15, -0.1) is 0 Å². The lowest BCUT2D eigenvalue weighted by Crippen LogP contribution is -2.36. The van der Waals surface area contributed by atoms with Gasteiger partial charge in [-0.25, -0.2) is 0 Å². The largest absolute Gasteiger partial charge is 0.368 e. The van der Waals surface area contributed by atoms with E-state index < -0.39 is 0 Å². The SMILES string of the molecule is CCN(Cc1ccccc1)C(=O)c1cc(C2=C3C=CNC3NC=C2)c[nH]1. The maximum atomic E-state index is 12.9. The zero-order chi connectivity index (χ0) is 17.9. The Balaban J connectivity index is 1.56. The molecule has 0 saturated heterocycles. The third kappa shape index (κ3) is 3.04. The lowest BCUT2D eigenvalue weighted by Gasteiger charge is -2.21. The molecule has 1 atom stereocenters. The van der Waals surface area contributed by atoms with Gasteiger partial charge >= 0.3 is 0 Å². The van der Waals surface area contributed by atoms with Gasteiger partial charge in [-0.1, -0.05) is 30.3 Å². The molecule has 0 saturated carbocycles. The highest BCUT2D eigenvalue weighted by Crippen LogP contribution is 2.28. The first-order valence-electron chi connectivity index (χ1n) is 8.87. The maximum absolute atomic E-state index is 12.9. The number of carbonyl (C=O) groups excluding carboxylic acids is 1. The molecular weight excluding hydrogens is 324 g/mol. The topological polar surface area (TPSA) is 60.2 Å². The molecule has 2 aliphatic rings. The smallest absolute Gasteiger partial charge is 0.270 e. The zero-order valence-electron chi connectivity index (χ0n) is 14.7. The molecule has 26 heavy (non-hydrogen) atoms. The van der Waals surface area contributed by atoms with E-state index in [-0.39, 0.29) is 12.1 Å². The number of hydrogen-bond acceptors (Lipinski definition) is 3. The second-order valence-electron chi connectivity index (χ2n) is 6.41. The van der Waals surface area contributed by atoms with Crippen molar-refractivity contribution in [3.63, 3.8) is 0 Å². The quantitative estimate of drug-likeness (QED) is 0.780. The van der Waals surface area contributed by atoms with Crippen molar-refractivity contribution in [2.24, 2.45) is 0 Å². The van der Waals surface area contributed by atoms with Gasteiger partial charge in [-0.05, 0) is 48.7 Å². The third-order valence-electron chi connectivity index (χ3n) is 4.77. The number of nitrogens with one attached hydrogen (secondary N) is 3. The Morgan fingerprint density at radius 1 is 1.12 bits per heavy atom. The number of rotatable bonds is 5. The number of allylic oxidation sites excluding steroid dienone is 2. The average Bonchev–Trinajstić information content (AvgIpc) is 3.35. The van der Waals surface area contributed by atoms with Gasteiger partial charge in [0.2, 0.25) is 0 Å². The number of nitrogens with zero attached hydrogens (tertiary/aromatic N) is 1. The Labute approximate surface area is 153 Å². The zero-order valence-corrected chi connectivity index (χ0v) is 14.7. The summed E-state index contributed by atoms with van der Waals surface area (Å²) in [6, 6.07) is 12.0. The number of aromatic nitrogens is 1. The van der Waals surface area contributed by atoms with Gasteiger partial charge in [0.1, 0.15) is 11.9 Å². The molecule has 0 bridgehead atoms. The molecule has 1 aromatic heterocycles. The van der Waals surface area contributed by atoms with Crippen LogP contribution in [0, 0.1) is 0 Å². The van der Waals surface area contributed by atoms with Crippen LogP contribution in [-0.2, 0) is 6.54 Å². The molecule has 132 valence electrons. The van der Waals surface area contributed by atoms with Crippen LogP contribution in [0.2, 0.25) is 0 Å². The Morgan fingerprint density at radius 2 is 1.88 bits per heavy atom. The van der Waals surface area contributed by atoms with E-state index in [1.807, 2.05) is 72.9 Å². The number of benzene rings is 1. The summed E-state index contributed by atoms with van der Waals surface area (Å²) in [6.45, 7) is 3.27. The summed E-state index contributed by atoms with van der Waals surface area (Å²) in [5, 5.41) is 6.52. The molecule has 0 aliphatic carbocycles. The predicted molar refractivity (Wildman–Crippen MR) is 103 cm³/mol. The molecule has 0 spiro atoms. The molecule has 1 amide bonds. The highest BCUT2D eigenvalue weighted by Gasteiger charge is 2.23. The summed E-state index contributed by atoms with van der Waals surface area (Å²) in [5.74, 6) is 0.0164. The standard InChI is InChI=1S/C21H22N4O/c1-2-25(14-15-6-4-3-5-7-15)21(26)19-12-16(13-24-19)17-8-10-22-20-18(17)9-11-23-20/h3-13,20,22-24H,2,14H2,1H3. The molecular formula is C21H22N4O. The minimum atomic E-state index is 0.0164. The minimum absolute atomic E-state index is 0.0164. The highest BCUT2D eigenvalue weighted by atomic mass is 16.2. The summed E-state index contributed by atoms with van der Waals surface area (Å²) in [6.07, 6.45) is 10.0. The predicted octanol–water partition coefficient (Wildman–Crippen LogP) is 2.99. The van der Waals surface area contributed by atoms with E-state index in [0.29, 0.717) is 18.8 Å². The van der Waals surface area contributed by atoms with E-state index in [1.54, 1.807) is 0 Å². The van der Waals surface area contributed by atoms with Crippen LogP contribution in [0.15, 0.2) is 72.7 Å². The average molecular weight is 346 g/mol. The number of hydrogen-bond donors (Lipinski definition) is 3. The molecule has 3 N–H and O–H groups in total. The second kappa shape index (κ2) is 6.96. The van der Waals surface area contributed by atoms with Gasteiger partial charge in [-0.2, -0.15) is 0 Å². The van der Waals surface area contributed by atoms with Crippen LogP contribution in [0.25, 0.3) is 5.57 Å². The van der Waals surface area contributed by atoms with Crippen molar-refractivity contribution in [1.29, 1.82) is 0 Å². The van der Waals surface area contributed by atoms with Crippen molar-refractivity contribution >= 4 is 11.5 Å². The van der Waals surface area contributed by atoms with E-state index in [1.165, 1.54) is 5.57 Å². The number of amides is 1. The van der Waals surface area contributed by atoms with Crippen molar-refractivity contribution in [2.75, 3.05) is 6.54 Å². The molecule has 1 unspecified atom stereocenters. The number of carbonyl (C=O) groups is 1. The van der Waals surface area contributed by atoms with Crippen molar-refractivity contribution in [1.82, 2.24) is 20.5 Å². The number of dihydropyridines is 1. The van der Waals surface area contributed by atoms with Crippen LogP contribution in [0.3, 0.4) is 0 Å². The fourth-order valence-electron chi connectivity index (χ4n) is 3.36. The third-order valence-corrected chi connectivity index (χ3v) is 4.77. The Hall–Kier alpha value is -3.21. The molecule has 2 aliphatic heterocycles. The Kier molecular flexibility index (Phi) is 4.35. The van der Waals surface area contributed by atoms with Gasteiger partial charge in [0.25, 0.3) is 5.91 Å². The van der Waals surface area contributed by atoms with E-state index >= 15 is 0 Å². The lowest BCUT2D eigenvalue weighted by molar-refractivity contribution is 0.0747. The van der Waals surface area contributed by atoms with E-state index in [9.17, 15) is 4.79 Å². The van der Waals surface area contributed by atoms with Crippen molar-refractivity contribution in [3.05, 3.63) is 89.5 Å². The molecule has 5 nitrogen and oxygen atoms in total. The van der Waals surface area contributed by atoms with Gasteiger partial charge in [-0.3, -0.25) is 4.79 Å². The highest BCUT2D eigenvalue weighted by molar-refractivity contribution is 5.94. The number of H-pyrrole nitrogens is 1. The Bertz CT molecular complexity index is 892. The number of fused-ring (bicyclic) bond motifs is 1. The van der Waals surface area contributed by atoms with E-state index in [0.717, 1.165) is 16.7 Å². The molecule has 1 aromatic carbocycles. The summed E-state index contributed by atoms with van der Waals surface area (Å²) in [4.78, 5) is 17.9. The van der Waals surface area contributed by atoms with Crippen molar-refractivity contribution in [2.45, 2.75) is 19.6 Å². The lowest BCUT2D eigenvalue weighted by atomic mass is 9.99. The van der Waals surface area contributed by atoms with Crippen molar-refractivity contribution < 1.29 is 4.79 Å². The molecule has 0 fully saturated rings. The van der Waals surface area contributed by atoms with Gasteiger partial charge in [0, 0.05) is 30.4 Å². The molecule has 2 aromatic rings. The first-order valence-corrected chi connectivity index (χ1v) is 8.87. The van der Waals surface area contributed by atoms with Crippen LogP contribution in [-0.4, -0.2) is 28.5 Å². The van der Waals surface area contributed by atoms with Gasteiger partial charge < -0.3 is 20.5 Å². The second-order valence-corrected chi connectivity index (χ2v) is 6.41. The molecule has 3 heterocycles. The van der Waals surface area contributed by atoms with Crippen LogP contribution in [0.4, 0.5) is 0 Å². The van der Waals surface area contributed by atoms with E-state index in [4.69, 9.17) is 0 Å². The fourth-order valence-corrected chi connectivity index (χ4v) is 3.36. The summed E-state index contributed by atoms with van der Waals surface area (Å²) in [7, 11) is 0. The summed E-state index contributed by atoms with van der Waals surface area (Å²) in [5.41, 5.74) is 5.07. The van der Waals surface area contributed by atoms with Crippen LogP contribution in [0.5, 0.6) is 0 Å². The summed E-state index contributed by atoms with van der Waals surface area (Å²) >= 11 is 0. The maximum Gasteiger partial charge on any atom is 0.270 e. The monoisotopic (exact) mass is 346 g/mol. The normalized spacial score (nSPS) is 17.7. The number of aromatic amines is 1. The van der Waals surface area contributed by atoms with Gasteiger partial charge in [0.05, 0.1) is 0 Å². The first kappa shape index (κ1) is 16.3. The minimum Gasteiger partial charge on any atom is -0.368 e. The van der Waals surface area contributed by atoms with Crippen molar-refractivity contribution in [3.8, 4) is 0 Å². The molecule has 5 heteroatoms.